The molecule has 0 bridgehead atoms. The Kier molecular flexibility index (Phi) is 6.63. The van der Waals surface area contributed by atoms with Crippen molar-refractivity contribution in [1.29, 1.82) is 0 Å². The van der Waals surface area contributed by atoms with Crippen molar-refractivity contribution in [3.05, 3.63) is 53.6 Å². The number of methoxy groups -OCH3 is 1. The first-order chi connectivity index (χ1) is 13.1. The minimum atomic E-state index is -3.58. The number of hydrogen-bond donors (Lipinski definition) is 2. The second kappa shape index (κ2) is 8.75. The summed E-state index contributed by atoms with van der Waals surface area (Å²) in [7, 11) is -2.10. The van der Waals surface area contributed by atoms with E-state index in [0.29, 0.717) is 11.4 Å². The van der Waals surface area contributed by atoms with Crippen molar-refractivity contribution in [3.8, 4) is 5.75 Å². The van der Waals surface area contributed by atoms with Gasteiger partial charge in [-0.15, -0.1) is 0 Å². The van der Waals surface area contributed by atoms with E-state index in [0.717, 1.165) is 11.8 Å². The van der Waals surface area contributed by atoms with Crippen LogP contribution in [0.4, 0.5) is 11.4 Å². The molecule has 0 aromatic heterocycles. The number of amides is 1. The van der Waals surface area contributed by atoms with E-state index in [1.807, 2.05) is 13.0 Å². The number of benzene rings is 2. The first-order valence-corrected chi connectivity index (χ1v) is 10.2. The molecular formula is C19H22N2O6S. The fourth-order valence-electron chi connectivity index (χ4n) is 2.38. The van der Waals surface area contributed by atoms with E-state index in [2.05, 4.69) is 10.0 Å². The van der Waals surface area contributed by atoms with Crippen molar-refractivity contribution in [1.82, 2.24) is 0 Å². The molecule has 8 nitrogen and oxygen atoms in total. The van der Waals surface area contributed by atoms with E-state index in [9.17, 15) is 18.0 Å². The van der Waals surface area contributed by atoms with Crippen molar-refractivity contribution >= 4 is 33.3 Å². The van der Waals surface area contributed by atoms with Crippen LogP contribution in [0.5, 0.6) is 5.75 Å². The third kappa shape index (κ3) is 5.71. The molecule has 1 atom stereocenters. The molecular weight excluding hydrogens is 384 g/mol. The Morgan fingerprint density at radius 3 is 2.39 bits per heavy atom. The molecule has 28 heavy (non-hydrogen) atoms. The van der Waals surface area contributed by atoms with Crippen LogP contribution in [-0.2, 0) is 19.6 Å². The zero-order valence-corrected chi connectivity index (χ0v) is 16.8. The number of anilines is 2. The summed E-state index contributed by atoms with van der Waals surface area (Å²) >= 11 is 0. The second-order valence-corrected chi connectivity index (χ2v) is 7.91. The molecule has 0 aliphatic rings. The van der Waals surface area contributed by atoms with Crippen molar-refractivity contribution in [3.63, 3.8) is 0 Å². The number of carbonyl (C=O) groups excluding carboxylic acids is 2. The van der Waals surface area contributed by atoms with Gasteiger partial charge in [-0.2, -0.15) is 0 Å². The number of ether oxygens (including phenoxy) is 2. The lowest BCUT2D eigenvalue weighted by Gasteiger charge is -2.16. The lowest BCUT2D eigenvalue weighted by molar-refractivity contribution is -0.123. The zero-order chi connectivity index (χ0) is 20.9. The van der Waals surface area contributed by atoms with Crippen LogP contribution in [0.2, 0.25) is 0 Å². The van der Waals surface area contributed by atoms with Gasteiger partial charge >= 0.3 is 5.97 Å². The second-order valence-electron chi connectivity index (χ2n) is 6.16. The van der Waals surface area contributed by atoms with Gasteiger partial charge in [0.2, 0.25) is 10.0 Å². The maximum Gasteiger partial charge on any atom is 0.341 e. The van der Waals surface area contributed by atoms with Crippen molar-refractivity contribution < 1.29 is 27.5 Å². The highest BCUT2D eigenvalue weighted by Crippen LogP contribution is 2.25. The number of hydrogen-bond acceptors (Lipinski definition) is 6. The van der Waals surface area contributed by atoms with Crippen LogP contribution in [0.1, 0.15) is 22.8 Å². The van der Waals surface area contributed by atoms with Gasteiger partial charge in [0.15, 0.2) is 6.10 Å². The molecule has 0 radical (unpaired) electrons. The van der Waals surface area contributed by atoms with E-state index in [1.54, 1.807) is 24.3 Å². The van der Waals surface area contributed by atoms with E-state index in [4.69, 9.17) is 9.47 Å². The van der Waals surface area contributed by atoms with Gasteiger partial charge in [-0.3, -0.25) is 9.52 Å². The molecule has 2 aromatic carbocycles. The first-order valence-electron chi connectivity index (χ1n) is 8.34. The normalized spacial score (nSPS) is 12.0. The molecule has 0 aliphatic carbocycles. The molecule has 2 rings (SSSR count). The first kappa shape index (κ1) is 21.2. The minimum absolute atomic E-state index is 0.000658. The Labute approximate surface area is 163 Å². The number of rotatable bonds is 7. The topological polar surface area (TPSA) is 111 Å². The van der Waals surface area contributed by atoms with E-state index < -0.39 is 28.0 Å². The molecule has 2 N–H and O–H groups in total. The van der Waals surface area contributed by atoms with E-state index in [-0.39, 0.29) is 11.3 Å². The third-order valence-corrected chi connectivity index (χ3v) is 4.30. The van der Waals surface area contributed by atoms with Gasteiger partial charge in [0.05, 0.1) is 30.3 Å². The van der Waals surface area contributed by atoms with Gasteiger partial charge in [-0.1, -0.05) is 18.2 Å². The standard InChI is InChI=1S/C19H22N2O6S/c1-12-9-10-17(26-3)16(11-12)20-18(22)13(2)27-19(23)14-7-5-6-8-15(14)21-28(4,24)25/h5-11,13,21H,1-4H3,(H,20,22). The predicted molar refractivity (Wildman–Crippen MR) is 106 cm³/mol. The summed E-state index contributed by atoms with van der Waals surface area (Å²) in [5.74, 6) is -0.906. The van der Waals surface area contributed by atoms with Crippen LogP contribution in [0.15, 0.2) is 42.5 Å². The van der Waals surface area contributed by atoms with Gasteiger partial charge in [-0.25, -0.2) is 13.2 Å². The molecule has 1 amide bonds. The fraction of sp³-hybridized carbons (Fsp3) is 0.263. The summed E-state index contributed by atoms with van der Waals surface area (Å²) in [5, 5.41) is 2.66. The fourth-order valence-corrected chi connectivity index (χ4v) is 2.96. The van der Waals surface area contributed by atoms with E-state index >= 15 is 0 Å². The average Bonchev–Trinajstić information content (AvgIpc) is 2.60. The number of esters is 1. The molecule has 2 aromatic rings. The maximum absolute atomic E-state index is 12.4. The summed E-state index contributed by atoms with van der Waals surface area (Å²) < 4.78 is 35.6. The van der Waals surface area contributed by atoms with Gasteiger partial charge in [0.1, 0.15) is 5.75 Å². The highest BCUT2D eigenvalue weighted by atomic mass is 32.2. The highest BCUT2D eigenvalue weighted by molar-refractivity contribution is 7.92. The van der Waals surface area contributed by atoms with Crippen LogP contribution >= 0.6 is 0 Å². The van der Waals surface area contributed by atoms with Gasteiger partial charge in [0.25, 0.3) is 5.91 Å². The van der Waals surface area contributed by atoms with Crippen molar-refractivity contribution in [2.45, 2.75) is 20.0 Å². The number of sulfonamides is 1. The quantitative estimate of drug-likeness (QED) is 0.684. The molecule has 0 heterocycles. The Bertz CT molecular complexity index is 988. The molecule has 0 aliphatic heterocycles. The Hall–Kier alpha value is -3.07. The lowest BCUT2D eigenvalue weighted by atomic mass is 10.2. The summed E-state index contributed by atoms with van der Waals surface area (Å²) in [6.45, 7) is 3.28. The van der Waals surface area contributed by atoms with Crippen molar-refractivity contribution in [2.24, 2.45) is 0 Å². The average molecular weight is 406 g/mol. The van der Waals surface area contributed by atoms with Crippen LogP contribution < -0.4 is 14.8 Å². The van der Waals surface area contributed by atoms with Gasteiger partial charge in [0, 0.05) is 0 Å². The zero-order valence-electron chi connectivity index (χ0n) is 16.0. The number of carbonyl (C=O) groups is 2. The summed E-state index contributed by atoms with van der Waals surface area (Å²) in [6.07, 6.45) is -0.149. The van der Waals surface area contributed by atoms with Crippen molar-refractivity contribution in [2.75, 3.05) is 23.4 Å². The monoisotopic (exact) mass is 406 g/mol. The lowest BCUT2D eigenvalue weighted by Crippen LogP contribution is -2.30. The third-order valence-electron chi connectivity index (χ3n) is 3.71. The molecule has 1 unspecified atom stereocenters. The van der Waals surface area contributed by atoms with E-state index in [1.165, 1.54) is 26.2 Å². The number of nitrogens with one attached hydrogen (secondary N) is 2. The van der Waals surface area contributed by atoms with Crippen LogP contribution in [-0.4, -0.2) is 39.8 Å². The maximum atomic E-state index is 12.4. The molecule has 0 spiro atoms. The number of para-hydroxylation sites is 1. The Morgan fingerprint density at radius 1 is 1.07 bits per heavy atom. The molecule has 9 heteroatoms. The SMILES string of the molecule is COc1ccc(C)cc1NC(=O)C(C)OC(=O)c1ccccc1NS(C)(=O)=O. The van der Waals surface area contributed by atoms with Crippen LogP contribution in [0, 0.1) is 6.92 Å². The van der Waals surface area contributed by atoms with Crippen LogP contribution in [0.25, 0.3) is 0 Å². The number of aryl methyl sites for hydroxylation is 1. The summed E-state index contributed by atoms with van der Waals surface area (Å²) in [6, 6.07) is 11.3. The predicted octanol–water partition coefficient (Wildman–Crippen LogP) is 2.56. The summed E-state index contributed by atoms with van der Waals surface area (Å²) in [4.78, 5) is 24.9. The molecule has 150 valence electrons. The van der Waals surface area contributed by atoms with Gasteiger partial charge in [-0.05, 0) is 43.7 Å². The smallest absolute Gasteiger partial charge is 0.341 e. The summed E-state index contributed by atoms with van der Waals surface area (Å²) in [5.41, 5.74) is 1.44. The van der Waals surface area contributed by atoms with Gasteiger partial charge < -0.3 is 14.8 Å². The molecule has 0 saturated heterocycles. The molecule has 0 saturated carbocycles. The molecule has 0 fully saturated rings. The Morgan fingerprint density at radius 2 is 1.75 bits per heavy atom. The Balaban J connectivity index is 2.13. The minimum Gasteiger partial charge on any atom is -0.495 e. The van der Waals surface area contributed by atoms with Crippen LogP contribution in [0.3, 0.4) is 0 Å². The highest BCUT2D eigenvalue weighted by Gasteiger charge is 2.22. The largest absolute Gasteiger partial charge is 0.495 e.